The van der Waals surface area contributed by atoms with Crippen molar-refractivity contribution in [1.29, 1.82) is 0 Å². The van der Waals surface area contributed by atoms with Crippen LogP contribution in [0.4, 0.5) is 23.2 Å². The summed E-state index contributed by atoms with van der Waals surface area (Å²) < 4.78 is 60.2. The predicted molar refractivity (Wildman–Crippen MR) is 152 cm³/mol. The molecule has 14 heteroatoms. The van der Waals surface area contributed by atoms with Gasteiger partial charge in [-0.05, 0) is 43.7 Å². The molecule has 42 heavy (non-hydrogen) atoms. The van der Waals surface area contributed by atoms with E-state index >= 15 is 0 Å². The molecule has 0 spiro atoms. The van der Waals surface area contributed by atoms with Gasteiger partial charge in [-0.3, -0.25) is 14.4 Å². The van der Waals surface area contributed by atoms with Crippen molar-refractivity contribution in [3.05, 3.63) is 64.5 Å². The minimum Gasteiger partial charge on any atom is -0.484 e. The van der Waals surface area contributed by atoms with Gasteiger partial charge in [0.15, 0.2) is 19.0 Å². The Hall–Kier alpha value is -3.51. The molecule has 0 fully saturated rings. The van der Waals surface area contributed by atoms with Crippen LogP contribution in [0.5, 0.6) is 11.5 Å². The monoisotopic (exact) mass is 635 g/mol. The number of anilines is 1. The van der Waals surface area contributed by atoms with Crippen molar-refractivity contribution in [2.24, 2.45) is 0 Å². The number of carbonyl (C=O) groups excluding carboxylic acids is 3. The van der Waals surface area contributed by atoms with Crippen molar-refractivity contribution in [2.45, 2.75) is 50.9 Å². The number of halogens is 6. The van der Waals surface area contributed by atoms with Gasteiger partial charge in [0.2, 0.25) is 5.91 Å². The average molecular weight is 636 g/mol. The molecule has 1 aliphatic heterocycles. The molecule has 230 valence electrons. The van der Waals surface area contributed by atoms with Crippen molar-refractivity contribution < 1.29 is 41.4 Å². The molecule has 3 rings (SSSR count). The Bertz CT molecular complexity index is 1260. The maximum absolute atomic E-state index is 13.2. The van der Waals surface area contributed by atoms with E-state index < -0.39 is 30.4 Å². The largest absolute Gasteiger partial charge is 0.484 e. The zero-order valence-corrected chi connectivity index (χ0v) is 24.4. The summed E-state index contributed by atoms with van der Waals surface area (Å²) in [7, 11) is 1.77. The number of fused-ring (bicyclic) bond motifs is 1. The van der Waals surface area contributed by atoms with Gasteiger partial charge in [0, 0.05) is 49.1 Å². The van der Waals surface area contributed by atoms with E-state index in [1.807, 2.05) is 6.92 Å². The van der Waals surface area contributed by atoms with Crippen LogP contribution >= 0.6 is 23.2 Å². The van der Waals surface area contributed by atoms with Crippen LogP contribution in [-0.4, -0.2) is 56.6 Å². The molecular weight excluding hydrogens is 605 g/mol. The van der Waals surface area contributed by atoms with Crippen LogP contribution in [0, 0.1) is 5.82 Å². The number of ether oxygens (including phenoxy) is 2. The molecule has 1 heterocycles. The van der Waals surface area contributed by atoms with Gasteiger partial charge in [-0.1, -0.05) is 29.8 Å². The molecule has 2 aromatic rings. The standard InChI is InChI=1S/C14H13ClF3NO3.C14H18ClFN2O2/c15-9-3-4-12-11(6-9)19(7-10(8-20)22-12)13(21)2-1-5-14(16,17)18;1-9(17-3)6-10(2)18-14(19)8-20-11-4-5-12(15)13(16)7-11/h3-4,6,8,10H,1-2,5,7H2;4-5,7,10,17H,1,6,8H2,2-3H3,(H,18,19). The van der Waals surface area contributed by atoms with Crippen LogP contribution in [0.25, 0.3) is 0 Å². The highest BCUT2D eigenvalue weighted by molar-refractivity contribution is 6.31. The molecule has 0 saturated carbocycles. The molecule has 2 unspecified atom stereocenters. The zero-order valence-electron chi connectivity index (χ0n) is 22.9. The van der Waals surface area contributed by atoms with E-state index in [0.29, 0.717) is 29.2 Å². The van der Waals surface area contributed by atoms with Gasteiger partial charge in [0.05, 0.1) is 17.3 Å². The van der Waals surface area contributed by atoms with E-state index in [0.717, 1.165) is 11.8 Å². The number of aldehydes is 1. The van der Waals surface area contributed by atoms with E-state index in [9.17, 15) is 31.9 Å². The SMILES string of the molecule is C=C(CC(C)NC(=O)COc1ccc(Cl)c(F)c1)NC.O=CC1CN(C(=O)CCCC(F)(F)F)c2cc(Cl)ccc2O1. The van der Waals surface area contributed by atoms with E-state index in [2.05, 4.69) is 17.2 Å². The number of rotatable bonds is 11. The van der Waals surface area contributed by atoms with Crippen molar-refractivity contribution in [3.63, 3.8) is 0 Å². The molecular formula is C28H31Cl2F4N3O5. The highest BCUT2D eigenvalue weighted by Gasteiger charge is 2.31. The maximum atomic E-state index is 13.2. The number of alkyl halides is 3. The van der Waals surface area contributed by atoms with Gasteiger partial charge in [-0.2, -0.15) is 13.2 Å². The summed E-state index contributed by atoms with van der Waals surface area (Å²) in [5.74, 6) is -0.797. The van der Waals surface area contributed by atoms with Crippen molar-refractivity contribution >= 4 is 47.0 Å². The highest BCUT2D eigenvalue weighted by Crippen LogP contribution is 2.36. The Morgan fingerprint density at radius 2 is 1.95 bits per heavy atom. The second kappa shape index (κ2) is 16.2. The van der Waals surface area contributed by atoms with Crippen molar-refractivity contribution in [2.75, 3.05) is 25.1 Å². The summed E-state index contributed by atoms with van der Waals surface area (Å²) in [4.78, 5) is 36.0. The molecule has 0 aromatic heterocycles. The molecule has 0 radical (unpaired) electrons. The Morgan fingerprint density at radius 3 is 2.57 bits per heavy atom. The quantitative estimate of drug-likeness (QED) is 0.237. The Morgan fingerprint density at radius 1 is 1.24 bits per heavy atom. The summed E-state index contributed by atoms with van der Waals surface area (Å²) in [5, 5.41) is 6.04. The number of nitrogens with zero attached hydrogens (tertiary/aromatic N) is 1. The number of nitrogens with one attached hydrogen (secondary N) is 2. The second-order valence-corrected chi connectivity index (χ2v) is 10.1. The number of amides is 2. The molecule has 0 saturated heterocycles. The summed E-state index contributed by atoms with van der Waals surface area (Å²) >= 11 is 11.4. The molecule has 0 bridgehead atoms. The fourth-order valence-electron chi connectivity index (χ4n) is 3.72. The number of benzene rings is 2. The summed E-state index contributed by atoms with van der Waals surface area (Å²) in [5.41, 5.74) is 1.20. The first kappa shape index (κ1) is 34.7. The van der Waals surface area contributed by atoms with Crippen LogP contribution in [0.15, 0.2) is 48.7 Å². The summed E-state index contributed by atoms with van der Waals surface area (Å²) in [6, 6.07) is 8.51. The van der Waals surface area contributed by atoms with Gasteiger partial charge in [0.1, 0.15) is 17.3 Å². The van der Waals surface area contributed by atoms with Gasteiger partial charge in [0.25, 0.3) is 5.91 Å². The topological polar surface area (TPSA) is 97.0 Å². The lowest BCUT2D eigenvalue weighted by molar-refractivity contribution is -0.137. The third-order valence-corrected chi connectivity index (χ3v) is 6.27. The average Bonchev–Trinajstić information content (AvgIpc) is 2.92. The second-order valence-electron chi connectivity index (χ2n) is 9.27. The summed E-state index contributed by atoms with van der Waals surface area (Å²) in [6.07, 6.45) is -5.57. The van der Waals surface area contributed by atoms with Crippen LogP contribution in [0.1, 0.15) is 32.6 Å². The first-order valence-electron chi connectivity index (χ1n) is 12.7. The lowest BCUT2D eigenvalue weighted by Crippen LogP contribution is -2.44. The van der Waals surface area contributed by atoms with E-state index in [-0.39, 0.29) is 48.7 Å². The number of carbonyl (C=O) groups is 3. The maximum Gasteiger partial charge on any atom is 0.389 e. The van der Waals surface area contributed by atoms with E-state index in [1.54, 1.807) is 13.1 Å². The van der Waals surface area contributed by atoms with Gasteiger partial charge >= 0.3 is 6.18 Å². The molecule has 2 N–H and O–H groups in total. The van der Waals surface area contributed by atoms with Crippen LogP contribution in [0.2, 0.25) is 10.0 Å². The van der Waals surface area contributed by atoms with Crippen molar-refractivity contribution in [3.8, 4) is 11.5 Å². The van der Waals surface area contributed by atoms with Crippen molar-refractivity contribution in [1.82, 2.24) is 10.6 Å². The molecule has 1 aliphatic rings. The fraction of sp³-hybridized carbons (Fsp3) is 0.393. The molecule has 2 aromatic carbocycles. The minimum atomic E-state index is -4.29. The molecule has 0 aliphatic carbocycles. The Kier molecular flexibility index (Phi) is 13.4. The highest BCUT2D eigenvalue weighted by atomic mass is 35.5. The van der Waals surface area contributed by atoms with Crippen LogP contribution in [-0.2, 0) is 14.4 Å². The smallest absolute Gasteiger partial charge is 0.389 e. The minimum absolute atomic E-state index is 0.0148. The van der Waals surface area contributed by atoms with Gasteiger partial charge in [-0.15, -0.1) is 0 Å². The number of hydrogen-bond acceptors (Lipinski definition) is 6. The lowest BCUT2D eigenvalue weighted by Gasteiger charge is -2.33. The van der Waals surface area contributed by atoms with Gasteiger partial charge < -0.3 is 25.0 Å². The number of hydrogen-bond donors (Lipinski definition) is 2. The fourth-order valence-corrected chi connectivity index (χ4v) is 4.00. The Labute approximate surface area is 250 Å². The third-order valence-electron chi connectivity index (χ3n) is 5.73. The molecule has 8 nitrogen and oxygen atoms in total. The van der Waals surface area contributed by atoms with E-state index in [4.69, 9.17) is 32.7 Å². The first-order valence-corrected chi connectivity index (χ1v) is 13.5. The predicted octanol–water partition coefficient (Wildman–Crippen LogP) is 5.85. The van der Waals surface area contributed by atoms with Gasteiger partial charge in [-0.25, -0.2) is 4.39 Å². The molecule has 2 atom stereocenters. The van der Waals surface area contributed by atoms with Crippen LogP contribution < -0.4 is 25.0 Å². The third kappa shape index (κ3) is 11.8. The first-order chi connectivity index (χ1) is 19.7. The van der Waals surface area contributed by atoms with Crippen LogP contribution in [0.3, 0.4) is 0 Å². The molecule has 2 amide bonds. The lowest BCUT2D eigenvalue weighted by atomic mass is 10.1. The normalized spacial score (nSPS) is 14.8. The Balaban J connectivity index is 0.000000295. The van der Waals surface area contributed by atoms with E-state index in [1.165, 1.54) is 29.2 Å². The summed E-state index contributed by atoms with van der Waals surface area (Å²) in [6.45, 7) is 5.42. The zero-order chi connectivity index (χ0) is 31.4.